The number of nitrogens with one attached hydrogen (secondary N) is 1. The van der Waals surface area contributed by atoms with E-state index in [-0.39, 0.29) is 42.7 Å². The number of esters is 1. The van der Waals surface area contributed by atoms with Gasteiger partial charge in [-0.05, 0) is 30.2 Å². The molecule has 5 rings (SSSR count). The van der Waals surface area contributed by atoms with Gasteiger partial charge in [-0.2, -0.15) is 0 Å². The third-order valence-electron chi connectivity index (χ3n) is 6.45. The standard InChI is InChI=1S/C30H30N4O7S/c1-21-12-14-25(15-13-21)42(37,38)31-16-24-17-34(33-32-24)18-26(35)27-28(39-19-22-8-4-2-5-9-22)29(30(36)41-27)40-20-23-10-6-3-7-11-23/h2-15,17,26-27,31,35H,16,18-20H2,1H3/t26-,27+/m0/s1. The molecule has 0 saturated carbocycles. The second-order valence-corrected chi connectivity index (χ2v) is 11.5. The normalized spacial score (nSPS) is 15.9. The van der Waals surface area contributed by atoms with Crippen LogP contribution in [0.1, 0.15) is 22.4 Å². The molecule has 2 atom stereocenters. The molecule has 4 aromatic rings. The van der Waals surface area contributed by atoms with Gasteiger partial charge in [0.15, 0.2) is 11.9 Å². The van der Waals surface area contributed by atoms with Crippen LogP contribution in [0.5, 0.6) is 0 Å². The quantitative estimate of drug-likeness (QED) is 0.225. The zero-order chi connectivity index (χ0) is 29.5. The number of aryl methyl sites for hydroxylation is 1. The molecule has 0 fully saturated rings. The van der Waals surface area contributed by atoms with E-state index in [1.807, 2.05) is 67.6 Å². The van der Waals surface area contributed by atoms with Crippen molar-refractivity contribution in [1.29, 1.82) is 0 Å². The van der Waals surface area contributed by atoms with E-state index in [1.54, 1.807) is 12.1 Å². The lowest BCUT2D eigenvalue weighted by atomic mass is 10.1. The largest absolute Gasteiger partial charge is 0.485 e. The molecule has 0 spiro atoms. The first kappa shape index (κ1) is 29.0. The number of aromatic nitrogens is 3. The van der Waals surface area contributed by atoms with Gasteiger partial charge in [-0.1, -0.05) is 83.6 Å². The first-order chi connectivity index (χ1) is 20.3. The Morgan fingerprint density at radius 2 is 1.57 bits per heavy atom. The summed E-state index contributed by atoms with van der Waals surface area (Å²) >= 11 is 0. The zero-order valence-corrected chi connectivity index (χ0v) is 23.6. The van der Waals surface area contributed by atoms with Crippen molar-refractivity contribution in [2.75, 3.05) is 0 Å². The van der Waals surface area contributed by atoms with Crippen LogP contribution in [0.25, 0.3) is 0 Å². The summed E-state index contributed by atoms with van der Waals surface area (Å²) in [7, 11) is -3.75. The third-order valence-corrected chi connectivity index (χ3v) is 7.87. The number of hydrogen-bond acceptors (Lipinski definition) is 9. The Balaban J connectivity index is 1.26. The lowest BCUT2D eigenvalue weighted by Gasteiger charge is -2.20. The van der Waals surface area contributed by atoms with Crippen LogP contribution >= 0.6 is 0 Å². The van der Waals surface area contributed by atoms with Crippen molar-refractivity contribution in [3.8, 4) is 0 Å². The second kappa shape index (κ2) is 13.0. The maximum absolute atomic E-state index is 12.8. The van der Waals surface area contributed by atoms with Gasteiger partial charge < -0.3 is 19.3 Å². The highest BCUT2D eigenvalue weighted by molar-refractivity contribution is 7.89. The van der Waals surface area contributed by atoms with Crippen molar-refractivity contribution in [2.24, 2.45) is 0 Å². The Labute approximate surface area is 243 Å². The van der Waals surface area contributed by atoms with E-state index in [0.717, 1.165) is 16.7 Å². The van der Waals surface area contributed by atoms with Crippen LogP contribution in [0.3, 0.4) is 0 Å². The van der Waals surface area contributed by atoms with Gasteiger partial charge in [0, 0.05) is 6.20 Å². The van der Waals surface area contributed by atoms with Crippen LogP contribution in [-0.4, -0.2) is 46.7 Å². The Kier molecular flexibility index (Phi) is 8.96. The summed E-state index contributed by atoms with van der Waals surface area (Å²) in [6.07, 6.45) is -0.922. The molecule has 0 bridgehead atoms. The summed E-state index contributed by atoms with van der Waals surface area (Å²) in [4.78, 5) is 12.9. The molecular weight excluding hydrogens is 560 g/mol. The van der Waals surface area contributed by atoms with Gasteiger partial charge in [0.2, 0.25) is 15.8 Å². The maximum atomic E-state index is 12.8. The van der Waals surface area contributed by atoms with E-state index in [1.165, 1.54) is 23.0 Å². The Bertz CT molecular complexity index is 1640. The molecule has 1 aliphatic heterocycles. The molecule has 0 amide bonds. The monoisotopic (exact) mass is 590 g/mol. The molecule has 1 aromatic heterocycles. The average molecular weight is 591 g/mol. The molecule has 0 aliphatic carbocycles. The second-order valence-electron chi connectivity index (χ2n) is 9.70. The van der Waals surface area contributed by atoms with Crippen LogP contribution < -0.4 is 4.72 Å². The van der Waals surface area contributed by atoms with Gasteiger partial charge in [-0.15, -0.1) is 5.10 Å². The van der Waals surface area contributed by atoms with Gasteiger partial charge >= 0.3 is 5.97 Å². The Morgan fingerprint density at radius 1 is 0.952 bits per heavy atom. The van der Waals surface area contributed by atoms with E-state index in [4.69, 9.17) is 14.2 Å². The highest BCUT2D eigenvalue weighted by Crippen LogP contribution is 2.29. The lowest BCUT2D eigenvalue weighted by Crippen LogP contribution is -2.33. The molecule has 12 heteroatoms. The highest BCUT2D eigenvalue weighted by atomic mass is 32.2. The smallest absolute Gasteiger partial charge is 0.378 e. The van der Waals surface area contributed by atoms with Crippen molar-refractivity contribution >= 4 is 16.0 Å². The third kappa shape index (κ3) is 7.21. The van der Waals surface area contributed by atoms with Crippen LogP contribution in [0.4, 0.5) is 0 Å². The summed E-state index contributed by atoms with van der Waals surface area (Å²) in [6.45, 7) is 1.89. The molecular formula is C30H30N4O7S. The predicted octanol–water partition coefficient (Wildman–Crippen LogP) is 3.00. The molecule has 218 valence electrons. The lowest BCUT2D eigenvalue weighted by molar-refractivity contribution is -0.148. The first-order valence-electron chi connectivity index (χ1n) is 13.2. The minimum absolute atomic E-state index is 0.0819. The fourth-order valence-corrected chi connectivity index (χ4v) is 5.21. The van der Waals surface area contributed by atoms with Crippen LogP contribution in [-0.2, 0) is 55.3 Å². The van der Waals surface area contributed by atoms with Gasteiger partial charge in [0.25, 0.3) is 0 Å². The average Bonchev–Trinajstić information content (AvgIpc) is 3.58. The molecule has 11 nitrogen and oxygen atoms in total. The van der Waals surface area contributed by atoms with Crippen LogP contribution in [0, 0.1) is 6.92 Å². The van der Waals surface area contributed by atoms with Crippen LogP contribution in [0.2, 0.25) is 0 Å². The van der Waals surface area contributed by atoms with Crippen molar-refractivity contribution in [1.82, 2.24) is 19.7 Å². The maximum Gasteiger partial charge on any atom is 0.378 e. The summed E-state index contributed by atoms with van der Waals surface area (Å²) in [5.74, 6) is -0.773. The fourth-order valence-electron chi connectivity index (χ4n) is 4.21. The number of nitrogens with zero attached hydrogens (tertiary/aromatic N) is 3. The molecule has 2 N–H and O–H groups in total. The molecule has 0 saturated heterocycles. The fraction of sp³-hybridized carbons (Fsp3) is 0.233. The molecule has 0 radical (unpaired) electrons. The van der Waals surface area contributed by atoms with Gasteiger partial charge in [0.1, 0.15) is 19.3 Å². The van der Waals surface area contributed by atoms with Gasteiger partial charge in [0.05, 0.1) is 23.7 Å². The van der Waals surface area contributed by atoms with E-state index in [2.05, 4.69) is 15.0 Å². The number of rotatable bonds is 13. The summed E-state index contributed by atoms with van der Waals surface area (Å²) < 4.78 is 46.3. The molecule has 3 aromatic carbocycles. The summed E-state index contributed by atoms with van der Waals surface area (Å²) in [5, 5.41) is 19.1. The van der Waals surface area contributed by atoms with Crippen LogP contribution in [0.15, 0.2) is 108 Å². The number of aliphatic hydroxyl groups is 1. The topological polar surface area (TPSA) is 142 Å². The zero-order valence-electron chi connectivity index (χ0n) is 22.8. The molecule has 2 heterocycles. The minimum atomic E-state index is -3.75. The van der Waals surface area contributed by atoms with Crippen molar-refractivity contribution < 1.29 is 32.5 Å². The number of cyclic esters (lactones) is 1. The van der Waals surface area contributed by atoms with Crippen molar-refractivity contribution in [3.05, 3.63) is 125 Å². The number of carbonyl (C=O) groups excluding carboxylic acids is 1. The summed E-state index contributed by atoms with van der Waals surface area (Å²) in [6, 6.07) is 25.2. The summed E-state index contributed by atoms with van der Waals surface area (Å²) in [5.41, 5.74) is 2.98. The molecule has 0 unspecified atom stereocenters. The number of sulfonamides is 1. The SMILES string of the molecule is Cc1ccc(S(=O)(=O)NCc2cn(C[C@H](O)[C@H]3OC(=O)C(OCc4ccccc4)=C3OCc3ccccc3)nn2)cc1. The van der Waals surface area contributed by atoms with Crippen molar-refractivity contribution in [2.45, 2.75) is 50.3 Å². The van der Waals surface area contributed by atoms with Gasteiger partial charge in [-0.3, -0.25) is 0 Å². The highest BCUT2D eigenvalue weighted by Gasteiger charge is 2.42. The van der Waals surface area contributed by atoms with Crippen molar-refractivity contribution in [3.63, 3.8) is 0 Å². The molecule has 1 aliphatic rings. The number of aliphatic hydroxyl groups excluding tert-OH is 1. The number of carbonyl (C=O) groups is 1. The van der Waals surface area contributed by atoms with Gasteiger partial charge in [-0.25, -0.2) is 22.6 Å². The number of hydrogen-bond donors (Lipinski definition) is 2. The van der Waals surface area contributed by atoms with E-state index in [9.17, 15) is 18.3 Å². The van der Waals surface area contributed by atoms with E-state index >= 15 is 0 Å². The Hall–Kier alpha value is -4.52. The number of ether oxygens (including phenoxy) is 3. The minimum Gasteiger partial charge on any atom is -0.485 e. The first-order valence-corrected chi connectivity index (χ1v) is 14.7. The number of benzene rings is 3. The predicted molar refractivity (Wildman–Crippen MR) is 151 cm³/mol. The molecule has 42 heavy (non-hydrogen) atoms. The van der Waals surface area contributed by atoms with E-state index < -0.39 is 28.2 Å². The Morgan fingerprint density at radius 3 is 2.21 bits per heavy atom. The van der Waals surface area contributed by atoms with E-state index in [0.29, 0.717) is 5.69 Å².